The highest BCUT2D eigenvalue weighted by Crippen LogP contribution is 2.18. The molecule has 0 bridgehead atoms. The fourth-order valence-corrected chi connectivity index (χ4v) is 4.54. The van der Waals surface area contributed by atoms with Crippen molar-refractivity contribution in [3.8, 4) is 0 Å². The van der Waals surface area contributed by atoms with Gasteiger partial charge in [0.15, 0.2) is 0 Å². The van der Waals surface area contributed by atoms with Gasteiger partial charge in [0.05, 0.1) is 17.1 Å². The summed E-state index contributed by atoms with van der Waals surface area (Å²) in [6, 6.07) is 10.4. The molecule has 4 rings (SSSR count). The van der Waals surface area contributed by atoms with E-state index in [1.54, 1.807) is 11.3 Å². The third kappa shape index (κ3) is 4.14. The molecule has 1 aromatic carbocycles. The largest absolute Gasteiger partial charge is 0.340 e. The summed E-state index contributed by atoms with van der Waals surface area (Å²) in [4.78, 5) is 20.4. The molecule has 0 spiro atoms. The van der Waals surface area contributed by atoms with Gasteiger partial charge in [-0.3, -0.25) is 4.79 Å². The smallest absolute Gasteiger partial charge is 0.228 e. The van der Waals surface area contributed by atoms with Gasteiger partial charge in [-0.2, -0.15) is 0 Å². The second kappa shape index (κ2) is 8.22. The molecule has 6 nitrogen and oxygen atoms in total. The van der Waals surface area contributed by atoms with Gasteiger partial charge < -0.3 is 9.47 Å². The quantitative estimate of drug-likeness (QED) is 0.666. The maximum absolute atomic E-state index is 12.8. The summed E-state index contributed by atoms with van der Waals surface area (Å²) in [5.41, 5.74) is 2.22. The van der Waals surface area contributed by atoms with Gasteiger partial charge in [-0.05, 0) is 25.8 Å². The molecule has 1 amide bonds. The van der Waals surface area contributed by atoms with Crippen molar-refractivity contribution in [3.63, 3.8) is 0 Å². The number of benzene rings is 1. The van der Waals surface area contributed by atoms with Crippen molar-refractivity contribution in [2.45, 2.75) is 46.1 Å². The number of fused-ring (bicyclic) bond motifs is 1. The number of aryl methyl sites for hydroxylation is 4. The van der Waals surface area contributed by atoms with Crippen LogP contribution in [0.3, 0.4) is 0 Å². The predicted octanol–water partition coefficient (Wildman–Crippen LogP) is 2.76. The maximum atomic E-state index is 12.8. The number of aromatic nitrogens is 4. The average molecular weight is 396 g/mol. The van der Waals surface area contributed by atoms with E-state index in [1.807, 2.05) is 24.8 Å². The maximum Gasteiger partial charge on any atom is 0.228 e. The Morgan fingerprint density at radius 2 is 1.89 bits per heavy atom. The first-order chi connectivity index (χ1) is 13.6. The van der Waals surface area contributed by atoms with E-state index in [-0.39, 0.29) is 5.91 Å². The fraction of sp³-hybridized carbons (Fsp3) is 0.429. The summed E-state index contributed by atoms with van der Waals surface area (Å²) in [7, 11) is 0. The summed E-state index contributed by atoms with van der Waals surface area (Å²) in [5.74, 6) is 2.15. The van der Waals surface area contributed by atoms with Crippen LogP contribution in [0.2, 0.25) is 0 Å². The lowest BCUT2D eigenvalue weighted by Crippen LogP contribution is -2.35. The van der Waals surface area contributed by atoms with Crippen LogP contribution in [0.1, 0.15) is 32.8 Å². The number of carbonyl (C=O) groups excluding carboxylic acids is 1. The molecule has 0 saturated carbocycles. The van der Waals surface area contributed by atoms with E-state index >= 15 is 0 Å². The number of thiazole rings is 1. The zero-order chi connectivity index (χ0) is 19.5. The van der Waals surface area contributed by atoms with Crippen LogP contribution in [0.5, 0.6) is 0 Å². The number of hydrogen-bond acceptors (Lipinski definition) is 5. The summed E-state index contributed by atoms with van der Waals surface area (Å²) in [6.07, 6.45) is 2.95. The van der Waals surface area contributed by atoms with E-state index in [4.69, 9.17) is 0 Å². The van der Waals surface area contributed by atoms with Crippen LogP contribution < -0.4 is 0 Å². The lowest BCUT2D eigenvalue weighted by molar-refractivity contribution is -0.130. The molecular weight excluding hydrogens is 370 g/mol. The second-order valence-corrected chi connectivity index (χ2v) is 8.62. The number of nitrogens with zero attached hydrogens (tertiary/aromatic N) is 5. The average Bonchev–Trinajstić information content (AvgIpc) is 3.14. The highest BCUT2D eigenvalue weighted by Gasteiger charge is 2.23. The van der Waals surface area contributed by atoms with Gasteiger partial charge in [-0.1, -0.05) is 30.3 Å². The zero-order valence-corrected chi connectivity index (χ0v) is 17.2. The molecule has 0 N–H and O–H groups in total. The van der Waals surface area contributed by atoms with Gasteiger partial charge >= 0.3 is 0 Å². The first-order valence-corrected chi connectivity index (χ1v) is 10.6. The minimum Gasteiger partial charge on any atom is -0.340 e. The Morgan fingerprint density at radius 3 is 2.64 bits per heavy atom. The van der Waals surface area contributed by atoms with Crippen molar-refractivity contribution >= 4 is 17.2 Å². The van der Waals surface area contributed by atoms with E-state index in [0.29, 0.717) is 19.5 Å². The molecule has 146 valence electrons. The summed E-state index contributed by atoms with van der Waals surface area (Å²) in [6.45, 7) is 6.17. The van der Waals surface area contributed by atoms with Crippen molar-refractivity contribution in [3.05, 3.63) is 63.1 Å². The minimum atomic E-state index is 0.151. The number of hydrogen-bond donors (Lipinski definition) is 0. The van der Waals surface area contributed by atoms with E-state index in [9.17, 15) is 4.79 Å². The summed E-state index contributed by atoms with van der Waals surface area (Å²) < 4.78 is 2.20. The minimum absolute atomic E-state index is 0.151. The van der Waals surface area contributed by atoms with Crippen LogP contribution in [0.15, 0.2) is 30.3 Å². The molecule has 0 radical (unpaired) electrons. The van der Waals surface area contributed by atoms with E-state index in [0.717, 1.165) is 53.0 Å². The first kappa shape index (κ1) is 18.8. The van der Waals surface area contributed by atoms with Crippen molar-refractivity contribution in [2.75, 3.05) is 13.1 Å². The molecule has 3 heterocycles. The number of amides is 1. The van der Waals surface area contributed by atoms with Gasteiger partial charge in [0.2, 0.25) is 5.91 Å². The number of carbonyl (C=O) groups is 1. The van der Waals surface area contributed by atoms with Crippen molar-refractivity contribution in [1.82, 2.24) is 24.6 Å². The Labute approximate surface area is 169 Å². The van der Waals surface area contributed by atoms with E-state index in [1.165, 1.54) is 5.56 Å². The van der Waals surface area contributed by atoms with Crippen LogP contribution >= 0.6 is 11.3 Å². The molecule has 7 heteroatoms. The van der Waals surface area contributed by atoms with Crippen molar-refractivity contribution < 1.29 is 4.79 Å². The monoisotopic (exact) mass is 395 g/mol. The zero-order valence-electron chi connectivity index (χ0n) is 16.4. The van der Waals surface area contributed by atoms with Crippen LogP contribution in [-0.2, 0) is 37.0 Å². The van der Waals surface area contributed by atoms with Gasteiger partial charge in [0, 0.05) is 37.4 Å². The SMILES string of the molecule is Cc1nc(CC(=O)N2CCc3nnc(CCc4ccccc4)n3CC2)c(C)s1. The molecule has 0 atom stereocenters. The van der Waals surface area contributed by atoms with Gasteiger partial charge in [-0.15, -0.1) is 21.5 Å². The Kier molecular flexibility index (Phi) is 5.52. The highest BCUT2D eigenvalue weighted by molar-refractivity contribution is 7.11. The van der Waals surface area contributed by atoms with Gasteiger partial charge in [-0.25, -0.2) is 4.98 Å². The molecule has 0 saturated heterocycles. The van der Waals surface area contributed by atoms with Gasteiger partial charge in [0.1, 0.15) is 11.6 Å². The Morgan fingerprint density at radius 1 is 1.07 bits per heavy atom. The lowest BCUT2D eigenvalue weighted by Gasteiger charge is -2.20. The van der Waals surface area contributed by atoms with Crippen molar-refractivity contribution in [2.24, 2.45) is 0 Å². The predicted molar refractivity (Wildman–Crippen MR) is 109 cm³/mol. The van der Waals surface area contributed by atoms with Crippen LogP contribution in [-0.4, -0.2) is 43.6 Å². The number of rotatable bonds is 5. The Hall–Kier alpha value is -2.54. The highest BCUT2D eigenvalue weighted by atomic mass is 32.1. The third-order valence-electron chi connectivity index (χ3n) is 5.25. The van der Waals surface area contributed by atoms with Gasteiger partial charge in [0.25, 0.3) is 0 Å². The second-order valence-electron chi connectivity index (χ2n) is 7.21. The molecule has 3 aromatic rings. The molecule has 0 fully saturated rings. The third-order valence-corrected chi connectivity index (χ3v) is 6.18. The Balaban J connectivity index is 1.39. The normalized spacial score (nSPS) is 14.0. The standard InChI is InChI=1S/C21H25N5OS/c1-15-18(22-16(2)28-15)14-21(27)25-11-10-20-24-23-19(26(20)13-12-25)9-8-17-6-4-3-5-7-17/h3-7H,8-14H2,1-2H3. The lowest BCUT2D eigenvalue weighted by atomic mass is 10.1. The van der Waals surface area contributed by atoms with Crippen LogP contribution in [0, 0.1) is 13.8 Å². The Bertz CT molecular complexity index is 963. The van der Waals surface area contributed by atoms with Crippen molar-refractivity contribution in [1.29, 1.82) is 0 Å². The van der Waals surface area contributed by atoms with Crippen LogP contribution in [0.4, 0.5) is 0 Å². The van der Waals surface area contributed by atoms with Crippen LogP contribution in [0.25, 0.3) is 0 Å². The fourth-order valence-electron chi connectivity index (χ4n) is 3.71. The molecular formula is C21H25N5OS. The summed E-state index contributed by atoms with van der Waals surface area (Å²) >= 11 is 1.65. The molecule has 28 heavy (non-hydrogen) atoms. The summed E-state index contributed by atoms with van der Waals surface area (Å²) in [5, 5.41) is 9.81. The molecule has 2 aromatic heterocycles. The topological polar surface area (TPSA) is 63.9 Å². The molecule has 1 aliphatic heterocycles. The van der Waals surface area contributed by atoms with E-state index in [2.05, 4.69) is 44.0 Å². The molecule has 0 unspecified atom stereocenters. The van der Waals surface area contributed by atoms with E-state index < -0.39 is 0 Å². The molecule has 1 aliphatic rings. The first-order valence-electron chi connectivity index (χ1n) is 9.75. The molecule has 0 aliphatic carbocycles.